The van der Waals surface area contributed by atoms with Gasteiger partial charge in [-0.3, -0.25) is 9.69 Å². The third-order valence-corrected chi connectivity index (χ3v) is 5.58. The fourth-order valence-corrected chi connectivity index (χ4v) is 4.10. The monoisotopic (exact) mass is 499 g/mol. The summed E-state index contributed by atoms with van der Waals surface area (Å²) in [5, 5.41) is 0.675. The minimum Gasteiger partial charge on any atom is -0.497 e. The number of benzene rings is 2. The lowest BCUT2D eigenvalue weighted by molar-refractivity contribution is -0.120. The van der Waals surface area contributed by atoms with Crippen LogP contribution in [0.2, 0.25) is 0 Å². The second-order valence-electron chi connectivity index (χ2n) is 6.42. The number of rotatable bonds is 8. The number of thiazole rings is 1. The molecule has 3 aromatic rings. The van der Waals surface area contributed by atoms with Crippen molar-refractivity contribution < 1.29 is 14.3 Å². The van der Waals surface area contributed by atoms with Gasteiger partial charge in [0.05, 0.1) is 17.3 Å². The van der Waals surface area contributed by atoms with Crippen LogP contribution in [0.5, 0.6) is 11.5 Å². The van der Waals surface area contributed by atoms with Gasteiger partial charge in [-0.1, -0.05) is 33.3 Å². The van der Waals surface area contributed by atoms with Crippen LogP contribution in [0.3, 0.4) is 0 Å². The van der Waals surface area contributed by atoms with Gasteiger partial charge in [0.25, 0.3) is 5.91 Å². The number of anilines is 1. The summed E-state index contributed by atoms with van der Waals surface area (Å²) in [5.74, 6) is 1.14. The van der Waals surface area contributed by atoms with E-state index in [0.29, 0.717) is 23.2 Å². The van der Waals surface area contributed by atoms with Crippen LogP contribution in [0.4, 0.5) is 5.13 Å². The van der Waals surface area contributed by atoms with Crippen LogP contribution < -0.4 is 14.4 Å². The normalized spacial score (nSPS) is 10.7. The van der Waals surface area contributed by atoms with Crippen LogP contribution in [0.15, 0.2) is 46.9 Å². The maximum absolute atomic E-state index is 12.9. The molecule has 0 atom stereocenters. The van der Waals surface area contributed by atoms with E-state index >= 15 is 0 Å². The number of hydrogen-bond donors (Lipinski definition) is 0. The Kier molecular flexibility index (Phi) is 8.70. The maximum atomic E-state index is 12.9. The lowest BCUT2D eigenvalue weighted by atomic mass is 10.3. The lowest BCUT2D eigenvalue weighted by Crippen LogP contribution is -2.39. The van der Waals surface area contributed by atoms with E-state index in [1.807, 2.05) is 49.3 Å². The first-order chi connectivity index (χ1) is 13.5. The van der Waals surface area contributed by atoms with Gasteiger partial charge >= 0.3 is 0 Å². The first-order valence-electron chi connectivity index (χ1n) is 8.74. The molecule has 0 aliphatic carbocycles. The summed E-state index contributed by atoms with van der Waals surface area (Å²) in [5.41, 5.74) is 0.875. The number of amides is 1. The van der Waals surface area contributed by atoms with E-state index in [-0.39, 0.29) is 24.9 Å². The molecule has 0 fully saturated rings. The summed E-state index contributed by atoms with van der Waals surface area (Å²) in [6.45, 7) is 1.19. The van der Waals surface area contributed by atoms with E-state index in [4.69, 9.17) is 9.47 Å². The Morgan fingerprint density at radius 1 is 1.14 bits per heavy atom. The number of aromatic nitrogens is 1. The average Bonchev–Trinajstić information content (AvgIpc) is 3.09. The third kappa shape index (κ3) is 6.30. The number of hydrogen-bond acceptors (Lipinski definition) is 6. The van der Waals surface area contributed by atoms with E-state index in [1.54, 1.807) is 24.1 Å². The van der Waals surface area contributed by atoms with Crippen molar-refractivity contribution in [2.75, 3.05) is 45.8 Å². The quantitative estimate of drug-likeness (QED) is 0.457. The molecule has 6 nitrogen and oxygen atoms in total. The highest BCUT2D eigenvalue weighted by Crippen LogP contribution is 2.31. The highest BCUT2D eigenvalue weighted by Gasteiger charge is 2.20. The molecule has 0 unspecified atom stereocenters. The van der Waals surface area contributed by atoms with Crippen LogP contribution >= 0.6 is 39.7 Å². The first kappa shape index (κ1) is 23.4. The predicted molar refractivity (Wildman–Crippen MR) is 124 cm³/mol. The van der Waals surface area contributed by atoms with Gasteiger partial charge in [-0.25, -0.2) is 4.98 Å². The minimum atomic E-state index is -0.136. The number of nitrogens with zero attached hydrogens (tertiary/aromatic N) is 3. The van der Waals surface area contributed by atoms with E-state index < -0.39 is 0 Å². The number of methoxy groups -OCH3 is 1. The Labute approximate surface area is 189 Å². The molecule has 1 aromatic heterocycles. The van der Waals surface area contributed by atoms with Gasteiger partial charge in [-0.15, -0.1) is 12.4 Å². The molecule has 2 aromatic carbocycles. The maximum Gasteiger partial charge on any atom is 0.266 e. The molecule has 0 saturated heterocycles. The Balaban J connectivity index is 0.00000300. The van der Waals surface area contributed by atoms with Crippen LogP contribution in [0, 0.1) is 0 Å². The van der Waals surface area contributed by atoms with E-state index in [2.05, 4.69) is 20.9 Å². The van der Waals surface area contributed by atoms with Crippen molar-refractivity contribution in [1.82, 2.24) is 9.88 Å². The number of ether oxygens (including phenoxy) is 2. The van der Waals surface area contributed by atoms with E-state index in [0.717, 1.165) is 21.2 Å². The fourth-order valence-electron chi connectivity index (χ4n) is 2.54. The standard InChI is InChI=1S/C20H22BrN3O3S.ClH/c1-23(2)9-10-24(20-22-17-8-7-14(21)11-18(17)28-20)19(25)13-27-16-6-4-5-15(12-16)26-3;/h4-8,11-12H,9-10,13H2,1-3H3;1H. The number of likely N-dealkylation sites (N-methyl/N-ethyl adjacent to an activating group) is 1. The van der Waals surface area contributed by atoms with Crippen LogP contribution in [0.1, 0.15) is 0 Å². The Bertz CT molecular complexity index is 967. The smallest absolute Gasteiger partial charge is 0.266 e. The van der Waals surface area contributed by atoms with Crippen LogP contribution in [-0.2, 0) is 4.79 Å². The van der Waals surface area contributed by atoms with E-state index in [9.17, 15) is 4.79 Å². The summed E-state index contributed by atoms with van der Waals surface area (Å²) >= 11 is 4.98. The average molecular weight is 501 g/mol. The van der Waals surface area contributed by atoms with Crippen molar-refractivity contribution in [3.8, 4) is 11.5 Å². The van der Waals surface area contributed by atoms with Crippen molar-refractivity contribution >= 4 is 60.9 Å². The zero-order valence-corrected chi connectivity index (χ0v) is 19.6. The Hall–Kier alpha value is -1.87. The molecule has 1 amide bonds. The van der Waals surface area contributed by atoms with Crippen LogP contribution in [0.25, 0.3) is 10.2 Å². The molecule has 3 rings (SSSR count). The van der Waals surface area contributed by atoms with Gasteiger partial charge in [0, 0.05) is 23.6 Å². The molecular formula is C20H23BrClN3O3S. The topological polar surface area (TPSA) is 54.9 Å². The third-order valence-electron chi connectivity index (χ3n) is 4.05. The SMILES string of the molecule is COc1cccc(OCC(=O)N(CCN(C)C)c2nc3ccc(Br)cc3s2)c1.Cl. The van der Waals surface area contributed by atoms with Gasteiger partial charge in [0.1, 0.15) is 11.5 Å². The van der Waals surface area contributed by atoms with Crippen molar-refractivity contribution in [3.05, 3.63) is 46.9 Å². The van der Waals surface area contributed by atoms with Crippen molar-refractivity contribution in [2.45, 2.75) is 0 Å². The highest BCUT2D eigenvalue weighted by atomic mass is 79.9. The van der Waals surface area contributed by atoms with Gasteiger partial charge < -0.3 is 14.4 Å². The molecule has 0 bridgehead atoms. The molecule has 156 valence electrons. The van der Waals surface area contributed by atoms with Gasteiger partial charge in [-0.2, -0.15) is 0 Å². The molecule has 0 N–H and O–H groups in total. The minimum absolute atomic E-state index is 0. The lowest BCUT2D eigenvalue weighted by Gasteiger charge is -2.22. The number of halogens is 2. The summed E-state index contributed by atoms with van der Waals surface area (Å²) in [6.07, 6.45) is 0. The number of carbonyl (C=O) groups excluding carboxylic acids is 1. The van der Waals surface area contributed by atoms with Gasteiger partial charge in [0.2, 0.25) is 0 Å². The van der Waals surface area contributed by atoms with Crippen LogP contribution in [-0.4, -0.2) is 56.7 Å². The van der Waals surface area contributed by atoms with E-state index in [1.165, 1.54) is 11.3 Å². The Morgan fingerprint density at radius 2 is 1.90 bits per heavy atom. The molecular weight excluding hydrogens is 478 g/mol. The molecule has 29 heavy (non-hydrogen) atoms. The molecule has 9 heteroatoms. The fraction of sp³-hybridized carbons (Fsp3) is 0.300. The zero-order chi connectivity index (χ0) is 20.1. The van der Waals surface area contributed by atoms with Gasteiger partial charge in [0.15, 0.2) is 11.7 Å². The highest BCUT2D eigenvalue weighted by molar-refractivity contribution is 9.10. The first-order valence-corrected chi connectivity index (χ1v) is 10.4. The largest absolute Gasteiger partial charge is 0.497 e. The molecule has 0 aliphatic rings. The molecule has 1 heterocycles. The molecule has 0 aliphatic heterocycles. The van der Waals surface area contributed by atoms with Crippen molar-refractivity contribution in [3.63, 3.8) is 0 Å². The summed E-state index contributed by atoms with van der Waals surface area (Å²) in [7, 11) is 5.55. The Morgan fingerprint density at radius 3 is 2.62 bits per heavy atom. The van der Waals surface area contributed by atoms with Crippen molar-refractivity contribution in [2.24, 2.45) is 0 Å². The second-order valence-corrected chi connectivity index (χ2v) is 8.35. The summed E-state index contributed by atoms with van der Waals surface area (Å²) in [4.78, 5) is 21.3. The molecule has 0 spiro atoms. The molecule has 0 saturated carbocycles. The zero-order valence-electron chi connectivity index (χ0n) is 16.4. The van der Waals surface area contributed by atoms with Gasteiger partial charge in [-0.05, 0) is 44.4 Å². The second kappa shape index (κ2) is 10.8. The number of fused-ring (bicyclic) bond motifs is 1. The summed E-state index contributed by atoms with van der Waals surface area (Å²) < 4.78 is 12.9. The number of carbonyl (C=O) groups is 1. The van der Waals surface area contributed by atoms with Crippen molar-refractivity contribution in [1.29, 1.82) is 0 Å². The molecule has 0 radical (unpaired) electrons. The predicted octanol–water partition coefficient (Wildman–Crippen LogP) is 4.46. The summed E-state index contributed by atoms with van der Waals surface area (Å²) in [6, 6.07) is 13.1.